The minimum atomic E-state index is -0.637. The first-order valence-corrected chi connectivity index (χ1v) is 4.15. The van der Waals surface area contributed by atoms with E-state index in [0.717, 1.165) is 6.08 Å². The van der Waals surface area contributed by atoms with Crippen LogP contribution in [-0.4, -0.2) is 4.92 Å². The standard InChI is InChI=1S/C8H5BrFNO2/c9-7-2-1-6(8(10)5-7)3-4-11(12)13/h1-5H/b4-3+. The van der Waals surface area contributed by atoms with E-state index in [0.29, 0.717) is 10.7 Å². The summed E-state index contributed by atoms with van der Waals surface area (Å²) in [5.41, 5.74) is 0.194. The molecule has 0 heterocycles. The van der Waals surface area contributed by atoms with Gasteiger partial charge in [-0.05, 0) is 12.1 Å². The topological polar surface area (TPSA) is 43.1 Å². The number of hydrogen-bond donors (Lipinski definition) is 0. The molecule has 0 saturated heterocycles. The quantitative estimate of drug-likeness (QED) is 0.594. The van der Waals surface area contributed by atoms with Crippen LogP contribution in [-0.2, 0) is 0 Å². The van der Waals surface area contributed by atoms with Gasteiger partial charge in [0, 0.05) is 16.1 Å². The summed E-state index contributed by atoms with van der Waals surface area (Å²) in [6, 6.07) is 4.32. The highest BCUT2D eigenvalue weighted by atomic mass is 79.9. The van der Waals surface area contributed by atoms with Crippen LogP contribution in [0.25, 0.3) is 6.08 Å². The van der Waals surface area contributed by atoms with E-state index in [2.05, 4.69) is 15.9 Å². The van der Waals surface area contributed by atoms with E-state index in [4.69, 9.17) is 0 Å². The molecule has 0 unspecified atom stereocenters. The number of nitro groups is 1. The zero-order chi connectivity index (χ0) is 9.84. The van der Waals surface area contributed by atoms with Crippen LogP contribution in [0.3, 0.4) is 0 Å². The highest BCUT2D eigenvalue weighted by Crippen LogP contribution is 2.16. The Hall–Kier alpha value is -1.23. The summed E-state index contributed by atoms with van der Waals surface area (Å²) >= 11 is 3.08. The fraction of sp³-hybridized carbons (Fsp3) is 0. The zero-order valence-corrected chi connectivity index (χ0v) is 7.99. The molecule has 0 atom stereocenters. The van der Waals surface area contributed by atoms with Gasteiger partial charge in [0.2, 0.25) is 6.20 Å². The lowest BCUT2D eigenvalue weighted by Crippen LogP contribution is -1.85. The van der Waals surface area contributed by atoms with Gasteiger partial charge in [0.15, 0.2) is 0 Å². The molecule has 68 valence electrons. The Bertz CT molecular complexity index is 365. The summed E-state index contributed by atoms with van der Waals surface area (Å²) < 4.78 is 13.6. The minimum absolute atomic E-state index is 0.194. The van der Waals surface area contributed by atoms with Gasteiger partial charge < -0.3 is 0 Å². The van der Waals surface area contributed by atoms with Crippen molar-refractivity contribution in [1.29, 1.82) is 0 Å². The Morgan fingerprint density at radius 1 is 1.54 bits per heavy atom. The third kappa shape index (κ3) is 2.95. The van der Waals surface area contributed by atoms with Crippen LogP contribution < -0.4 is 0 Å². The van der Waals surface area contributed by atoms with E-state index in [1.54, 1.807) is 6.07 Å². The van der Waals surface area contributed by atoms with Gasteiger partial charge in [-0.1, -0.05) is 22.0 Å². The normalized spacial score (nSPS) is 10.6. The second-order valence-electron chi connectivity index (χ2n) is 2.27. The molecule has 0 N–H and O–H groups in total. The highest BCUT2D eigenvalue weighted by Gasteiger charge is 1.99. The fourth-order valence-electron chi connectivity index (χ4n) is 0.778. The van der Waals surface area contributed by atoms with Crippen molar-refractivity contribution in [1.82, 2.24) is 0 Å². The maximum absolute atomic E-state index is 13.0. The van der Waals surface area contributed by atoms with Crippen LogP contribution in [0.5, 0.6) is 0 Å². The molecule has 3 nitrogen and oxygen atoms in total. The van der Waals surface area contributed by atoms with Crippen molar-refractivity contribution in [3.8, 4) is 0 Å². The predicted molar refractivity (Wildman–Crippen MR) is 50.1 cm³/mol. The summed E-state index contributed by atoms with van der Waals surface area (Å²) in [6.45, 7) is 0. The van der Waals surface area contributed by atoms with Crippen LogP contribution in [0.15, 0.2) is 28.9 Å². The summed E-state index contributed by atoms with van der Waals surface area (Å²) in [5, 5.41) is 9.94. The Morgan fingerprint density at radius 3 is 2.77 bits per heavy atom. The largest absolute Gasteiger partial charge is 0.259 e. The molecule has 0 saturated carbocycles. The third-order valence-corrected chi connectivity index (χ3v) is 1.83. The van der Waals surface area contributed by atoms with E-state index in [1.165, 1.54) is 12.1 Å². The van der Waals surface area contributed by atoms with Crippen LogP contribution in [0.1, 0.15) is 5.56 Å². The number of nitrogens with zero attached hydrogens (tertiary/aromatic N) is 1. The van der Waals surface area contributed by atoms with Gasteiger partial charge in [-0.25, -0.2) is 4.39 Å². The molecule has 0 fully saturated rings. The van der Waals surface area contributed by atoms with Crippen LogP contribution in [0, 0.1) is 15.9 Å². The first kappa shape index (κ1) is 9.85. The lowest BCUT2D eigenvalue weighted by atomic mass is 10.2. The molecule has 0 aliphatic carbocycles. The molecule has 0 amide bonds. The van der Waals surface area contributed by atoms with Crippen LogP contribution >= 0.6 is 15.9 Å². The lowest BCUT2D eigenvalue weighted by molar-refractivity contribution is -0.400. The Balaban J connectivity index is 2.96. The summed E-state index contributed by atoms with van der Waals surface area (Å²) in [6.07, 6.45) is 1.81. The van der Waals surface area contributed by atoms with Crippen LogP contribution in [0.4, 0.5) is 4.39 Å². The molecule has 5 heteroatoms. The average molecular weight is 246 g/mol. The molecule has 13 heavy (non-hydrogen) atoms. The third-order valence-electron chi connectivity index (χ3n) is 1.34. The molecule has 0 spiro atoms. The van der Waals surface area contributed by atoms with Gasteiger partial charge in [-0.3, -0.25) is 10.1 Å². The van der Waals surface area contributed by atoms with Crippen molar-refractivity contribution in [3.05, 3.63) is 50.4 Å². The molecule has 1 rings (SSSR count). The van der Waals surface area contributed by atoms with Crippen molar-refractivity contribution in [2.75, 3.05) is 0 Å². The van der Waals surface area contributed by atoms with E-state index < -0.39 is 10.7 Å². The van der Waals surface area contributed by atoms with Crippen molar-refractivity contribution in [2.24, 2.45) is 0 Å². The molecule has 0 aromatic heterocycles. The van der Waals surface area contributed by atoms with Gasteiger partial charge in [0.25, 0.3) is 0 Å². The molecule has 1 aromatic rings. The molecule has 0 radical (unpaired) electrons. The van der Waals surface area contributed by atoms with Crippen molar-refractivity contribution < 1.29 is 9.31 Å². The first-order valence-electron chi connectivity index (χ1n) is 3.36. The Labute approximate surface area is 82.2 Å². The van der Waals surface area contributed by atoms with Gasteiger partial charge in [-0.2, -0.15) is 0 Å². The Kier molecular flexibility index (Phi) is 3.13. The van der Waals surface area contributed by atoms with E-state index in [-0.39, 0.29) is 5.56 Å². The number of halogens is 2. The van der Waals surface area contributed by atoms with Crippen LogP contribution in [0.2, 0.25) is 0 Å². The average Bonchev–Trinajstić information content (AvgIpc) is 2.02. The number of rotatable bonds is 2. The molecule has 0 bridgehead atoms. The van der Waals surface area contributed by atoms with E-state index in [1.807, 2.05) is 0 Å². The van der Waals surface area contributed by atoms with Gasteiger partial charge in [0.05, 0.1) is 4.92 Å². The van der Waals surface area contributed by atoms with E-state index in [9.17, 15) is 14.5 Å². The summed E-state index contributed by atoms with van der Waals surface area (Å²) in [5.74, 6) is -0.493. The lowest BCUT2D eigenvalue weighted by Gasteiger charge is -1.95. The van der Waals surface area contributed by atoms with Crippen molar-refractivity contribution >= 4 is 22.0 Å². The molecule has 0 aliphatic heterocycles. The summed E-state index contributed by atoms with van der Waals surface area (Å²) in [4.78, 5) is 9.30. The monoisotopic (exact) mass is 245 g/mol. The fourth-order valence-corrected chi connectivity index (χ4v) is 1.11. The predicted octanol–water partition coefficient (Wildman–Crippen LogP) is 2.84. The van der Waals surface area contributed by atoms with Gasteiger partial charge >= 0.3 is 0 Å². The van der Waals surface area contributed by atoms with Crippen molar-refractivity contribution in [2.45, 2.75) is 0 Å². The zero-order valence-electron chi connectivity index (χ0n) is 6.41. The SMILES string of the molecule is O=[N+]([O-])/C=C/c1ccc(Br)cc1F. The second kappa shape index (κ2) is 4.13. The summed E-state index contributed by atoms with van der Waals surface area (Å²) in [7, 11) is 0. The van der Waals surface area contributed by atoms with Crippen molar-refractivity contribution in [3.63, 3.8) is 0 Å². The molecular formula is C8H5BrFNO2. The minimum Gasteiger partial charge on any atom is -0.259 e. The molecule has 1 aromatic carbocycles. The Morgan fingerprint density at radius 2 is 2.23 bits per heavy atom. The van der Waals surface area contributed by atoms with E-state index >= 15 is 0 Å². The smallest absolute Gasteiger partial charge is 0.235 e. The molecular weight excluding hydrogens is 241 g/mol. The molecule has 0 aliphatic rings. The van der Waals surface area contributed by atoms with Gasteiger partial charge in [0.1, 0.15) is 5.82 Å². The maximum atomic E-state index is 13.0. The second-order valence-corrected chi connectivity index (χ2v) is 3.18. The first-order chi connectivity index (χ1) is 6.09. The number of benzene rings is 1. The maximum Gasteiger partial charge on any atom is 0.235 e. The number of hydrogen-bond acceptors (Lipinski definition) is 2. The highest BCUT2D eigenvalue weighted by molar-refractivity contribution is 9.10. The van der Waals surface area contributed by atoms with Gasteiger partial charge in [-0.15, -0.1) is 0 Å².